The molecule has 1 N–H and O–H groups in total. The lowest BCUT2D eigenvalue weighted by atomic mass is 9.81. The molecule has 1 aliphatic heterocycles. The maximum absolute atomic E-state index is 13.2. The first kappa shape index (κ1) is 21.1. The van der Waals surface area contributed by atoms with E-state index in [-0.39, 0.29) is 30.8 Å². The minimum Gasteiger partial charge on any atom is -0.486 e. The van der Waals surface area contributed by atoms with Gasteiger partial charge in [0, 0.05) is 6.54 Å². The predicted octanol–water partition coefficient (Wildman–Crippen LogP) is 3.66. The molecule has 0 aromatic heterocycles. The number of likely N-dealkylation sites (tertiary alicyclic amines) is 1. The number of hydrogen-bond donors (Lipinski definition) is 1. The average molecular weight is 401 g/mol. The van der Waals surface area contributed by atoms with Gasteiger partial charge >= 0.3 is 0 Å². The molecular weight excluding hydrogens is 373 g/mol. The third-order valence-corrected chi connectivity index (χ3v) is 5.11. The largest absolute Gasteiger partial charge is 0.486 e. The van der Waals surface area contributed by atoms with E-state index in [0.29, 0.717) is 30.9 Å². The molecule has 0 bridgehead atoms. The third kappa shape index (κ3) is 5.70. The average Bonchev–Trinajstić information content (AvgIpc) is 2.69. The standard InChI is InChI=1S/C23H28FNO4/c1-17(2)14-23(27)12-13-25(22(26)16-28-19-6-4-3-5-7-19)15-21(23)29-20-10-8-18(24)9-11-20/h3-11,17,21,27H,12-16H2,1-2H3/t21-,23+/m0/s1. The number of ether oxygens (including phenoxy) is 2. The maximum atomic E-state index is 13.2. The van der Waals surface area contributed by atoms with Crippen molar-refractivity contribution < 1.29 is 23.8 Å². The van der Waals surface area contributed by atoms with E-state index in [9.17, 15) is 14.3 Å². The van der Waals surface area contributed by atoms with Crippen LogP contribution in [-0.4, -0.2) is 47.3 Å². The van der Waals surface area contributed by atoms with Gasteiger partial charge in [0.05, 0.1) is 6.54 Å². The van der Waals surface area contributed by atoms with Crippen LogP contribution in [0.25, 0.3) is 0 Å². The fourth-order valence-electron chi connectivity index (χ4n) is 3.70. The van der Waals surface area contributed by atoms with Crippen molar-refractivity contribution in [2.45, 2.75) is 38.4 Å². The summed E-state index contributed by atoms with van der Waals surface area (Å²) in [6.45, 7) is 4.69. The Bertz CT molecular complexity index is 796. The highest BCUT2D eigenvalue weighted by atomic mass is 19.1. The van der Waals surface area contributed by atoms with Crippen LogP contribution in [0.1, 0.15) is 26.7 Å². The van der Waals surface area contributed by atoms with Gasteiger partial charge in [0.15, 0.2) is 6.61 Å². The normalized spacial score (nSPS) is 21.8. The van der Waals surface area contributed by atoms with Gasteiger partial charge in [-0.1, -0.05) is 32.0 Å². The molecule has 1 aliphatic rings. The Morgan fingerprint density at radius 1 is 1.17 bits per heavy atom. The Balaban J connectivity index is 1.68. The van der Waals surface area contributed by atoms with Gasteiger partial charge < -0.3 is 19.5 Å². The number of hydrogen-bond acceptors (Lipinski definition) is 4. The van der Waals surface area contributed by atoms with Crippen LogP contribution < -0.4 is 9.47 Å². The van der Waals surface area contributed by atoms with Gasteiger partial charge in [-0.3, -0.25) is 4.79 Å². The van der Waals surface area contributed by atoms with Crippen LogP contribution in [0.4, 0.5) is 4.39 Å². The molecule has 2 aromatic rings. The van der Waals surface area contributed by atoms with Crippen molar-refractivity contribution in [2.75, 3.05) is 19.7 Å². The Kier molecular flexibility index (Phi) is 6.75. The summed E-state index contributed by atoms with van der Waals surface area (Å²) in [5.41, 5.74) is -1.06. The molecule has 5 nitrogen and oxygen atoms in total. The monoisotopic (exact) mass is 401 g/mol. The van der Waals surface area contributed by atoms with Crippen molar-refractivity contribution >= 4 is 5.91 Å². The summed E-state index contributed by atoms with van der Waals surface area (Å²) in [7, 11) is 0. The van der Waals surface area contributed by atoms with Crippen molar-refractivity contribution in [1.82, 2.24) is 4.90 Å². The molecule has 1 fully saturated rings. The molecule has 2 aromatic carbocycles. The molecule has 1 heterocycles. The van der Waals surface area contributed by atoms with Crippen molar-refractivity contribution in [3.05, 3.63) is 60.4 Å². The lowest BCUT2D eigenvalue weighted by Gasteiger charge is -2.45. The molecule has 0 unspecified atom stereocenters. The summed E-state index contributed by atoms with van der Waals surface area (Å²) in [5.74, 6) is 0.853. The molecule has 0 saturated carbocycles. The lowest BCUT2D eigenvalue weighted by molar-refractivity contribution is -0.150. The quantitative estimate of drug-likeness (QED) is 0.769. The van der Waals surface area contributed by atoms with E-state index in [0.717, 1.165) is 0 Å². The zero-order valence-corrected chi connectivity index (χ0v) is 16.9. The minimum atomic E-state index is -1.06. The van der Waals surface area contributed by atoms with E-state index in [1.54, 1.807) is 17.0 Å². The van der Waals surface area contributed by atoms with Gasteiger partial charge in [0.2, 0.25) is 0 Å². The smallest absolute Gasteiger partial charge is 0.260 e. The zero-order valence-electron chi connectivity index (χ0n) is 16.9. The van der Waals surface area contributed by atoms with Crippen molar-refractivity contribution in [1.29, 1.82) is 0 Å². The summed E-state index contributed by atoms with van der Waals surface area (Å²) < 4.78 is 24.8. The van der Waals surface area contributed by atoms with Crippen LogP contribution in [0.5, 0.6) is 11.5 Å². The fraction of sp³-hybridized carbons (Fsp3) is 0.435. The highest BCUT2D eigenvalue weighted by molar-refractivity contribution is 5.78. The van der Waals surface area contributed by atoms with Crippen molar-refractivity contribution in [3.63, 3.8) is 0 Å². The molecular formula is C23H28FNO4. The number of halogens is 1. The molecule has 0 radical (unpaired) electrons. The lowest BCUT2D eigenvalue weighted by Crippen LogP contribution is -2.60. The Hall–Kier alpha value is -2.60. The van der Waals surface area contributed by atoms with Crippen molar-refractivity contribution in [3.8, 4) is 11.5 Å². The predicted molar refractivity (Wildman–Crippen MR) is 108 cm³/mol. The summed E-state index contributed by atoms with van der Waals surface area (Å²) in [4.78, 5) is 14.3. The number of amides is 1. The highest BCUT2D eigenvalue weighted by Crippen LogP contribution is 2.32. The van der Waals surface area contributed by atoms with E-state index in [2.05, 4.69) is 0 Å². The fourth-order valence-corrected chi connectivity index (χ4v) is 3.70. The number of benzene rings is 2. The summed E-state index contributed by atoms with van der Waals surface area (Å²) in [5, 5.41) is 11.3. The molecule has 29 heavy (non-hydrogen) atoms. The van der Waals surface area contributed by atoms with Crippen LogP contribution >= 0.6 is 0 Å². The van der Waals surface area contributed by atoms with Crippen LogP contribution in [0.2, 0.25) is 0 Å². The number of rotatable bonds is 7. The first-order valence-corrected chi connectivity index (χ1v) is 9.96. The minimum absolute atomic E-state index is 0.0735. The van der Waals surface area contributed by atoms with Gasteiger partial charge in [-0.05, 0) is 55.2 Å². The van der Waals surface area contributed by atoms with Crippen molar-refractivity contribution in [2.24, 2.45) is 5.92 Å². The summed E-state index contributed by atoms with van der Waals surface area (Å²) in [6, 6.07) is 14.9. The second kappa shape index (κ2) is 9.27. The van der Waals surface area contributed by atoms with E-state index >= 15 is 0 Å². The number of aliphatic hydroxyl groups is 1. The number of nitrogens with zero attached hydrogens (tertiary/aromatic N) is 1. The highest BCUT2D eigenvalue weighted by Gasteiger charge is 2.44. The van der Waals surface area contributed by atoms with E-state index in [4.69, 9.17) is 9.47 Å². The topological polar surface area (TPSA) is 59.0 Å². The second-order valence-electron chi connectivity index (χ2n) is 7.95. The maximum Gasteiger partial charge on any atom is 0.260 e. The second-order valence-corrected chi connectivity index (χ2v) is 7.95. The Labute approximate surface area is 171 Å². The van der Waals surface area contributed by atoms with E-state index < -0.39 is 11.7 Å². The molecule has 1 saturated heterocycles. The Morgan fingerprint density at radius 2 is 1.86 bits per heavy atom. The molecule has 3 rings (SSSR count). The van der Waals surface area contributed by atoms with E-state index in [1.807, 2.05) is 32.0 Å². The van der Waals surface area contributed by atoms with Gasteiger partial charge in [-0.2, -0.15) is 0 Å². The van der Waals surface area contributed by atoms with Crippen LogP contribution in [0, 0.1) is 11.7 Å². The molecule has 0 aliphatic carbocycles. The van der Waals surface area contributed by atoms with E-state index in [1.165, 1.54) is 24.3 Å². The number of carbonyl (C=O) groups is 1. The molecule has 156 valence electrons. The number of carbonyl (C=O) groups excluding carboxylic acids is 1. The number of piperidine rings is 1. The molecule has 0 spiro atoms. The van der Waals surface area contributed by atoms with Gasteiger partial charge in [0.1, 0.15) is 29.0 Å². The third-order valence-electron chi connectivity index (χ3n) is 5.11. The zero-order chi connectivity index (χ0) is 20.9. The first-order chi connectivity index (χ1) is 13.9. The van der Waals surface area contributed by atoms with Crippen LogP contribution in [0.3, 0.4) is 0 Å². The van der Waals surface area contributed by atoms with Gasteiger partial charge in [0.25, 0.3) is 5.91 Å². The Morgan fingerprint density at radius 3 is 2.52 bits per heavy atom. The van der Waals surface area contributed by atoms with Gasteiger partial charge in [-0.25, -0.2) is 4.39 Å². The SMILES string of the molecule is CC(C)C[C@]1(O)CCN(C(=O)COc2ccccc2)C[C@@H]1Oc1ccc(F)cc1. The summed E-state index contributed by atoms with van der Waals surface area (Å²) in [6.07, 6.45) is 0.361. The molecule has 2 atom stereocenters. The number of para-hydroxylation sites is 1. The van der Waals surface area contributed by atoms with Gasteiger partial charge in [-0.15, -0.1) is 0 Å². The molecule has 6 heteroatoms. The van der Waals surface area contributed by atoms with Crippen LogP contribution in [-0.2, 0) is 4.79 Å². The van der Waals surface area contributed by atoms with Crippen LogP contribution in [0.15, 0.2) is 54.6 Å². The summed E-state index contributed by atoms with van der Waals surface area (Å²) >= 11 is 0. The molecule has 1 amide bonds. The first-order valence-electron chi connectivity index (χ1n) is 9.96.